The third-order valence-corrected chi connectivity index (χ3v) is 4.21. The van der Waals surface area contributed by atoms with Crippen LogP contribution in [0, 0.1) is 18.4 Å². The zero-order chi connectivity index (χ0) is 27.1. The molecule has 0 amide bonds. The fourth-order valence-electron chi connectivity index (χ4n) is 1.73. The van der Waals surface area contributed by atoms with Gasteiger partial charge in [-0.05, 0) is 19.1 Å². The van der Waals surface area contributed by atoms with Crippen LogP contribution < -0.4 is 26.6 Å². The quantitative estimate of drug-likeness (QED) is 0.0531. The first-order valence-electron chi connectivity index (χ1n) is 9.67. The number of aromatic amines is 1. The van der Waals surface area contributed by atoms with Crippen LogP contribution in [0.3, 0.4) is 0 Å². The zero-order valence-electron chi connectivity index (χ0n) is 18.7. The highest BCUT2D eigenvalue weighted by molar-refractivity contribution is 7.98. The average molecular weight is 514 g/mol. The maximum atomic E-state index is 9.53. The van der Waals surface area contributed by atoms with Crippen LogP contribution in [-0.4, -0.2) is 75.4 Å². The van der Waals surface area contributed by atoms with Gasteiger partial charge >= 0.3 is 17.9 Å². The molecule has 1 aromatic heterocycles. The number of aromatic nitrogens is 2. The van der Waals surface area contributed by atoms with Gasteiger partial charge in [0.2, 0.25) is 6.19 Å². The Morgan fingerprint density at radius 3 is 2.06 bits per heavy atom. The van der Waals surface area contributed by atoms with Crippen molar-refractivity contribution in [1.29, 1.82) is 5.26 Å². The molecule has 0 spiro atoms. The molecule has 0 atom stereocenters. The summed E-state index contributed by atoms with van der Waals surface area (Å²) in [5.41, 5.74) is 7.65. The number of carbonyl (C=O) groups excluding carboxylic acids is 2. The molecule has 0 aromatic carbocycles. The Balaban J connectivity index is 0. The summed E-state index contributed by atoms with van der Waals surface area (Å²) in [7, 11) is 0. The number of aliphatic carboxylic acids is 4. The predicted molar refractivity (Wildman–Crippen MR) is 119 cm³/mol. The van der Waals surface area contributed by atoms with Crippen molar-refractivity contribution in [3.05, 3.63) is 42.0 Å². The molecule has 0 saturated carbocycles. The van der Waals surface area contributed by atoms with Crippen LogP contribution in [0.15, 0.2) is 35.6 Å². The summed E-state index contributed by atoms with van der Waals surface area (Å²) >= 11 is 1.82. The number of thioether (sulfide) groups is 1. The Labute approximate surface area is 204 Å². The topological polar surface area (TPSA) is 279 Å². The minimum absolute atomic E-state index is 0.447. The van der Waals surface area contributed by atoms with E-state index in [1.807, 2.05) is 35.5 Å². The lowest BCUT2D eigenvalue weighted by Gasteiger charge is -2.01. The fourth-order valence-corrected chi connectivity index (χ4v) is 2.65. The molecule has 0 saturated heterocycles. The normalized spacial score (nSPS) is 10.6. The van der Waals surface area contributed by atoms with Gasteiger partial charge in [0.15, 0.2) is 0 Å². The summed E-state index contributed by atoms with van der Waals surface area (Å²) < 4.78 is 0. The number of imidazole rings is 1. The van der Waals surface area contributed by atoms with Gasteiger partial charge in [-0.3, -0.25) is 0 Å². The van der Waals surface area contributed by atoms with Crippen LogP contribution in [0.1, 0.15) is 11.4 Å². The molecule has 0 bridgehead atoms. The summed E-state index contributed by atoms with van der Waals surface area (Å²) in [5, 5.41) is 46.9. The van der Waals surface area contributed by atoms with Crippen LogP contribution in [-0.2, 0) is 24.9 Å². The first kappa shape index (κ1) is 33.1. The number of aryl methyl sites for hydroxylation is 1. The molecular formula is C19H27N7O8S. The summed E-state index contributed by atoms with van der Waals surface area (Å²) in [5.74, 6) is -3.00. The van der Waals surface area contributed by atoms with Gasteiger partial charge in [0.25, 0.3) is 0 Å². The number of nitrogens with one attached hydrogen (secondary N) is 1. The largest absolute Gasteiger partial charge is 0.545 e. The second-order valence-corrected chi connectivity index (χ2v) is 7.02. The SMILES string of the molecule is Cc1[nH]cnc1CSCC[NH2+]C(=NC#N)[NH2+]CCN.O=C([O-])/C=C/C(=O)O.O=C([O-])/C=C/C(=O)O. The Morgan fingerprint density at radius 2 is 1.69 bits per heavy atom. The van der Waals surface area contributed by atoms with Crippen molar-refractivity contribution in [2.45, 2.75) is 12.7 Å². The lowest BCUT2D eigenvalue weighted by molar-refractivity contribution is -0.682. The Bertz CT molecular complexity index is 872. The van der Waals surface area contributed by atoms with E-state index in [2.05, 4.69) is 15.0 Å². The van der Waals surface area contributed by atoms with Crippen molar-refractivity contribution >= 4 is 41.6 Å². The molecule has 1 heterocycles. The van der Waals surface area contributed by atoms with Gasteiger partial charge in [-0.25, -0.2) is 25.2 Å². The number of H-pyrrole nitrogens is 1. The highest BCUT2D eigenvalue weighted by Gasteiger charge is 2.07. The minimum atomic E-state index is -1.51. The van der Waals surface area contributed by atoms with Gasteiger partial charge in [0, 0.05) is 35.9 Å². The van der Waals surface area contributed by atoms with Gasteiger partial charge in [-0.2, -0.15) is 5.26 Å². The Kier molecular flexibility index (Phi) is 20.6. The number of carboxylic acids is 4. The molecular weight excluding hydrogens is 486 g/mol. The lowest BCUT2D eigenvalue weighted by Crippen LogP contribution is -3.10. The van der Waals surface area contributed by atoms with Crippen molar-refractivity contribution in [3.8, 4) is 6.19 Å². The molecule has 35 heavy (non-hydrogen) atoms. The van der Waals surface area contributed by atoms with Crippen molar-refractivity contribution in [2.24, 2.45) is 10.7 Å². The molecule has 16 heteroatoms. The van der Waals surface area contributed by atoms with Gasteiger partial charge in [-0.1, -0.05) is 4.99 Å². The zero-order valence-corrected chi connectivity index (χ0v) is 19.6. The monoisotopic (exact) mass is 513 g/mol. The number of carbonyl (C=O) groups is 4. The molecule has 0 fully saturated rings. The second kappa shape index (κ2) is 21.8. The molecule has 15 nitrogen and oxygen atoms in total. The van der Waals surface area contributed by atoms with E-state index in [9.17, 15) is 29.4 Å². The first-order valence-corrected chi connectivity index (χ1v) is 10.8. The van der Waals surface area contributed by atoms with Crippen LogP contribution in [0.5, 0.6) is 0 Å². The third-order valence-electron chi connectivity index (χ3n) is 3.21. The van der Waals surface area contributed by atoms with Crippen LogP contribution in [0.2, 0.25) is 0 Å². The Morgan fingerprint density at radius 1 is 1.14 bits per heavy atom. The molecule has 0 aliphatic carbocycles. The molecule has 9 N–H and O–H groups in total. The maximum absolute atomic E-state index is 9.53. The Hall–Kier alpha value is -4.04. The van der Waals surface area contributed by atoms with Crippen LogP contribution in [0.4, 0.5) is 0 Å². The number of guanidine groups is 1. The fraction of sp³-hybridized carbons (Fsp3) is 0.316. The minimum Gasteiger partial charge on any atom is -0.545 e. The van der Waals surface area contributed by atoms with Gasteiger partial charge in [-0.15, -0.1) is 11.8 Å². The van der Waals surface area contributed by atoms with E-state index >= 15 is 0 Å². The van der Waals surface area contributed by atoms with E-state index in [-0.39, 0.29) is 0 Å². The summed E-state index contributed by atoms with van der Waals surface area (Å²) in [6, 6.07) is 0. The number of aliphatic imine (C=N–C) groups is 1. The van der Waals surface area contributed by atoms with Gasteiger partial charge in [0.05, 0.1) is 37.0 Å². The number of nitriles is 1. The lowest BCUT2D eigenvalue weighted by atomic mass is 10.4. The summed E-state index contributed by atoms with van der Waals surface area (Å²) in [6.07, 6.45) is 5.41. The average Bonchev–Trinajstić information content (AvgIpc) is 3.19. The van der Waals surface area contributed by atoms with E-state index in [1.165, 1.54) is 0 Å². The molecule has 0 aliphatic heterocycles. The number of quaternary nitrogens is 2. The molecule has 192 valence electrons. The number of nitrogens with zero attached hydrogens (tertiary/aromatic N) is 3. The van der Waals surface area contributed by atoms with E-state index < -0.39 is 23.9 Å². The van der Waals surface area contributed by atoms with Crippen molar-refractivity contribution < 1.29 is 50.2 Å². The van der Waals surface area contributed by atoms with Crippen molar-refractivity contribution in [1.82, 2.24) is 9.97 Å². The van der Waals surface area contributed by atoms with E-state index in [0.717, 1.165) is 41.9 Å². The third kappa shape index (κ3) is 24.4. The highest BCUT2D eigenvalue weighted by atomic mass is 32.2. The van der Waals surface area contributed by atoms with Gasteiger partial charge < -0.3 is 40.7 Å². The first-order chi connectivity index (χ1) is 16.5. The number of nitrogens with two attached hydrogens (primary N) is 3. The number of rotatable bonds is 11. The number of hydrogen-bond donors (Lipinski definition) is 6. The molecule has 0 unspecified atom stereocenters. The molecule has 0 radical (unpaired) electrons. The van der Waals surface area contributed by atoms with E-state index in [4.69, 9.17) is 21.2 Å². The summed E-state index contributed by atoms with van der Waals surface area (Å²) in [4.78, 5) is 49.0. The maximum Gasteiger partial charge on any atom is 0.403 e. The smallest absolute Gasteiger partial charge is 0.403 e. The van der Waals surface area contributed by atoms with E-state index in [0.29, 0.717) is 30.8 Å². The van der Waals surface area contributed by atoms with Gasteiger partial charge in [0.1, 0.15) is 0 Å². The predicted octanol–water partition coefficient (Wildman–Crippen LogP) is -5.37. The number of hydrogen-bond acceptors (Lipinski definition) is 11. The van der Waals surface area contributed by atoms with Crippen molar-refractivity contribution in [2.75, 3.05) is 25.4 Å². The van der Waals surface area contributed by atoms with Crippen LogP contribution in [0.25, 0.3) is 0 Å². The van der Waals surface area contributed by atoms with Crippen molar-refractivity contribution in [3.63, 3.8) is 0 Å². The van der Waals surface area contributed by atoms with Crippen LogP contribution >= 0.6 is 11.8 Å². The molecule has 0 aliphatic rings. The summed E-state index contributed by atoms with van der Waals surface area (Å²) in [6.45, 7) is 4.23. The highest BCUT2D eigenvalue weighted by Crippen LogP contribution is 2.10. The second-order valence-electron chi connectivity index (χ2n) is 5.92. The number of carboxylic acid groups (broad SMARTS) is 4. The molecule has 1 aromatic rings. The van der Waals surface area contributed by atoms with E-state index in [1.54, 1.807) is 6.33 Å². The molecule has 1 rings (SSSR count). The standard InChI is InChI=1S/C11H19N7S.2C4H4O4/c1-9-10(18-8-17-9)6-19-5-4-15-11(16-7-13)14-3-2-12;2*5-3(6)1-2-4(7)8/h8H,2-6,12H2,1H3,(H,17,18)(H2,14,15,16);2*1-2H,(H,5,6)(H,7,8)/b;2*2-1+.